The number of thioether (sulfide) groups is 1. The van der Waals surface area contributed by atoms with Crippen LogP contribution in [0.1, 0.15) is 18.9 Å². The molecule has 0 amide bonds. The van der Waals surface area contributed by atoms with E-state index in [9.17, 15) is 0 Å². The molecule has 0 aliphatic heterocycles. The highest BCUT2D eigenvalue weighted by Crippen LogP contribution is 2.25. The fourth-order valence-corrected chi connectivity index (χ4v) is 2.96. The van der Waals surface area contributed by atoms with E-state index < -0.39 is 0 Å². The van der Waals surface area contributed by atoms with Crippen LogP contribution in [-0.4, -0.2) is 31.0 Å². The maximum atomic E-state index is 5.10. The van der Waals surface area contributed by atoms with Gasteiger partial charge in [-0.2, -0.15) is 0 Å². The van der Waals surface area contributed by atoms with Gasteiger partial charge in [0, 0.05) is 31.4 Å². The van der Waals surface area contributed by atoms with Crippen molar-refractivity contribution in [3.05, 3.63) is 35.9 Å². The molecular weight excluding hydrogens is 268 g/mol. The summed E-state index contributed by atoms with van der Waals surface area (Å²) in [6.45, 7) is 4.78. The van der Waals surface area contributed by atoms with Crippen LogP contribution >= 0.6 is 11.8 Å². The molecule has 4 heteroatoms. The molecule has 2 aromatic rings. The lowest BCUT2D eigenvalue weighted by atomic mass is 10.1. The van der Waals surface area contributed by atoms with E-state index in [1.54, 1.807) is 7.11 Å². The third-order valence-corrected chi connectivity index (χ3v) is 4.18. The lowest BCUT2D eigenvalue weighted by Gasteiger charge is -2.10. The Balaban J connectivity index is 2.18. The molecule has 0 aliphatic rings. The van der Waals surface area contributed by atoms with Gasteiger partial charge in [-0.05, 0) is 30.7 Å². The minimum absolute atomic E-state index is 0.809. The molecule has 0 saturated carbocycles. The molecule has 0 radical (unpaired) electrons. The number of aromatic nitrogens is 1. The van der Waals surface area contributed by atoms with Crippen LogP contribution in [0.5, 0.6) is 0 Å². The number of benzene rings is 1. The van der Waals surface area contributed by atoms with Gasteiger partial charge >= 0.3 is 0 Å². The number of hydrogen-bond acceptors (Lipinski definition) is 4. The third kappa shape index (κ3) is 4.20. The number of pyridine rings is 1. The summed E-state index contributed by atoms with van der Waals surface area (Å²) in [6.07, 6.45) is 1.05. The zero-order valence-electron chi connectivity index (χ0n) is 12.2. The minimum atomic E-state index is 0.809. The van der Waals surface area contributed by atoms with E-state index in [1.165, 1.54) is 10.9 Å². The van der Waals surface area contributed by atoms with Gasteiger partial charge < -0.3 is 10.1 Å². The molecule has 1 aromatic heterocycles. The third-order valence-electron chi connectivity index (χ3n) is 3.06. The first-order valence-corrected chi connectivity index (χ1v) is 8.05. The predicted octanol–water partition coefficient (Wildman–Crippen LogP) is 3.47. The van der Waals surface area contributed by atoms with Crippen molar-refractivity contribution in [2.24, 2.45) is 0 Å². The molecule has 20 heavy (non-hydrogen) atoms. The SMILES string of the molecule is CCNCc1cc2ccccc2nc1SCCCOC. The van der Waals surface area contributed by atoms with E-state index >= 15 is 0 Å². The van der Waals surface area contributed by atoms with Crippen LogP contribution in [0, 0.1) is 0 Å². The Kier molecular flexibility index (Phi) is 6.30. The van der Waals surface area contributed by atoms with Gasteiger partial charge in [-0.3, -0.25) is 0 Å². The Bertz CT molecular complexity index is 545. The van der Waals surface area contributed by atoms with Crippen molar-refractivity contribution in [1.29, 1.82) is 0 Å². The standard InChI is InChI=1S/C16H22N2OS/c1-3-17-12-14-11-13-7-4-5-8-15(13)18-16(14)20-10-6-9-19-2/h4-5,7-8,11,17H,3,6,9-10,12H2,1-2H3. The zero-order chi connectivity index (χ0) is 14.2. The van der Waals surface area contributed by atoms with Crippen molar-refractivity contribution >= 4 is 22.7 Å². The van der Waals surface area contributed by atoms with Crippen molar-refractivity contribution < 1.29 is 4.74 Å². The second-order valence-electron chi connectivity index (χ2n) is 4.62. The van der Waals surface area contributed by atoms with Gasteiger partial charge in [-0.15, -0.1) is 11.8 Å². The number of nitrogens with one attached hydrogen (secondary N) is 1. The molecule has 3 nitrogen and oxygen atoms in total. The highest BCUT2D eigenvalue weighted by atomic mass is 32.2. The van der Waals surface area contributed by atoms with Crippen LogP contribution in [0.15, 0.2) is 35.4 Å². The highest BCUT2D eigenvalue weighted by Gasteiger charge is 2.07. The molecule has 2 rings (SSSR count). The zero-order valence-corrected chi connectivity index (χ0v) is 13.0. The van der Waals surface area contributed by atoms with Crippen LogP contribution in [0.4, 0.5) is 0 Å². The molecule has 1 aromatic carbocycles. The molecule has 0 bridgehead atoms. The van der Waals surface area contributed by atoms with E-state index in [0.29, 0.717) is 0 Å². The second kappa shape index (κ2) is 8.25. The Morgan fingerprint density at radius 1 is 1.30 bits per heavy atom. The normalized spacial score (nSPS) is 11.1. The summed E-state index contributed by atoms with van der Waals surface area (Å²) in [5.41, 5.74) is 2.36. The van der Waals surface area contributed by atoms with Crippen LogP contribution in [0.2, 0.25) is 0 Å². The van der Waals surface area contributed by atoms with Gasteiger partial charge in [0.15, 0.2) is 0 Å². The monoisotopic (exact) mass is 290 g/mol. The summed E-state index contributed by atoms with van der Waals surface area (Å²) < 4.78 is 5.10. The summed E-state index contributed by atoms with van der Waals surface area (Å²) in [6, 6.07) is 10.6. The largest absolute Gasteiger partial charge is 0.385 e. The first-order valence-electron chi connectivity index (χ1n) is 7.06. The van der Waals surface area contributed by atoms with E-state index in [1.807, 2.05) is 17.8 Å². The molecule has 0 saturated heterocycles. The maximum absolute atomic E-state index is 5.10. The first-order chi connectivity index (χ1) is 9.85. The number of methoxy groups -OCH3 is 1. The van der Waals surface area contributed by atoms with Crippen molar-refractivity contribution in [2.75, 3.05) is 26.0 Å². The van der Waals surface area contributed by atoms with E-state index in [2.05, 4.69) is 36.5 Å². The number of para-hydroxylation sites is 1. The summed E-state index contributed by atoms with van der Waals surface area (Å²) in [4.78, 5) is 4.81. The molecule has 108 valence electrons. The average molecular weight is 290 g/mol. The van der Waals surface area contributed by atoms with Gasteiger partial charge in [-0.1, -0.05) is 25.1 Å². The maximum Gasteiger partial charge on any atom is 0.101 e. The molecule has 0 spiro atoms. The predicted molar refractivity (Wildman–Crippen MR) is 86.3 cm³/mol. The Labute approximate surface area is 125 Å². The molecule has 0 fully saturated rings. The smallest absolute Gasteiger partial charge is 0.101 e. The Morgan fingerprint density at radius 3 is 2.95 bits per heavy atom. The number of nitrogens with zero attached hydrogens (tertiary/aromatic N) is 1. The van der Waals surface area contributed by atoms with Crippen LogP contribution in [0.3, 0.4) is 0 Å². The fourth-order valence-electron chi connectivity index (χ4n) is 2.03. The first kappa shape index (κ1) is 15.3. The lowest BCUT2D eigenvalue weighted by molar-refractivity contribution is 0.200. The fraction of sp³-hybridized carbons (Fsp3) is 0.438. The van der Waals surface area contributed by atoms with Crippen molar-refractivity contribution in [2.45, 2.75) is 24.9 Å². The summed E-state index contributed by atoms with van der Waals surface area (Å²) in [7, 11) is 1.75. The van der Waals surface area contributed by atoms with Crippen molar-refractivity contribution in [3.8, 4) is 0 Å². The minimum Gasteiger partial charge on any atom is -0.385 e. The molecule has 1 N–H and O–H groups in total. The topological polar surface area (TPSA) is 34.2 Å². The molecular formula is C16H22N2OS. The van der Waals surface area contributed by atoms with Crippen LogP contribution in [0.25, 0.3) is 10.9 Å². The van der Waals surface area contributed by atoms with Gasteiger partial charge in [0.05, 0.1) is 5.52 Å². The quantitative estimate of drug-likeness (QED) is 0.596. The van der Waals surface area contributed by atoms with Crippen molar-refractivity contribution in [1.82, 2.24) is 10.3 Å². The van der Waals surface area contributed by atoms with Gasteiger partial charge in [-0.25, -0.2) is 4.98 Å². The molecule has 0 unspecified atom stereocenters. The number of hydrogen-bond donors (Lipinski definition) is 1. The van der Waals surface area contributed by atoms with Gasteiger partial charge in [0.1, 0.15) is 5.03 Å². The van der Waals surface area contributed by atoms with Crippen LogP contribution in [-0.2, 0) is 11.3 Å². The summed E-state index contributed by atoms with van der Waals surface area (Å²) >= 11 is 1.82. The number of ether oxygens (including phenoxy) is 1. The average Bonchev–Trinajstić information content (AvgIpc) is 2.49. The summed E-state index contributed by atoms with van der Waals surface area (Å²) in [5, 5.41) is 5.74. The van der Waals surface area contributed by atoms with Crippen LogP contribution < -0.4 is 5.32 Å². The van der Waals surface area contributed by atoms with Gasteiger partial charge in [0.2, 0.25) is 0 Å². The van der Waals surface area contributed by atoms with E-state index in [-0.39, 0.29) is 0 Å². The van der Waals surface area contributed by atoms with E-state index in [0.717, 1.165) is 42.4 Å². The molecule has 0 aliphatic carbocycles. The second-order valence-corrected chi connectivity index (χ2v) is 5.70. The molecule has 0 atom stereocenters. The Morgan fingerprint density at radius 2 is 2.15 bits per heavy atom. The number of rotatable bonds is 8. The van der Waals surface area contributed by atoms with Gasteiger partial charge in [0.25, 0.3) is 0 Å². The summed E-state index contributed by atoms with van der Waals surface area (Å²) in [5.74, 6) is 1.04. The van der Waals surface area contributed by atoms with Crippen molar-refractivity contribution in [3.63, 3.8) is 0 Å². The Hall–Kier alpha value is -1.10. The lowest BCUT2D eigenvalue weighted by Crippen LogP contribution is -2.13. The van der Waals surface area contributed by atoms with E-state index in [4.69, 9.17) is 9.72 Å². The molecule has 1 heterocycles. The number of fused-ring (bicyclic) bond motifs is 1. The highest BCUT2D eigenvalue weighted by molar-refractivity contribution is 7.99.